The van der Waals surface area contributed by atoms with Crippen LogP contribution in [0.5, 0.6) is 0 Å². The summed E-state index contributed by atoms with van der Waals surface area (Å²) in [5.41, 5.74) is 0. The van der Waals surface area contributed by atoms with E-state index in [1.807, 2.05) is 0 Å². The molecule has 0 aromatic heterocycles. The zero-order valence-corrected chi connectivity index (χ0v) is 7.91. The van der Waals surface area contributed by atoms with Gasteiger partial charge in [-0.3, -0.25) is 4.79 Å². The Balaban J connectivity index is 4.17. The van der Waals surface area contributed by atoms with Crippen LogP contribution in [0.1, 0.15) is 20.3 Å². The van der Waals surface area contributed by atoms with Crippen LogP contribution in [-0.4, -0.2) is 23.0 Å². The van der Waals surface area contributed by atoms with E-state index in [4.69, 9.17) is 5.11 Å². The van der Waals surface area contributed by atoms with E-state index in [9.17, 15) is 9.59 Å². The van der Waals surface area contributed by atoms with Gasteiger partial charge in [-0.25, -0.2) is 4.79 Å². The lowest BCUT2D eigenvalue weighted by Gasteiger charge is -2.13. The molecule has 0 unspecified atom stereocenters. The Morgan fingerprint density at radius 2 is 2.08 bits per heavy atom. The van der Waals surface area contributed by atoms with Gasteiger partial charge in [0.1, 0.15) is 6.04 Å². The lowest BCUT2D eigenvalue weighted by atomic mass is 10.1. The summed E-state index contributed by atoms with van der Waals surface area (Å²) in [6, 6.07) is -0.854. The summed E-state index contributed by atoms with van der Waals surface area (Å²) in [4.78, 5) is 21.7. The van der Waals surface area contributed by atoms with Crippen LogP contribution in [0.2, 0.25) is 0 Å². The first-order chi connectivity index (χ1) is 5.99. The van der Waals surface area contributed by atoms with Crippen molar-refractivity contribution in [2.24, 2.45) is 5.92 Å². The second-order valence-corrected chi connectivity index (χ2v) is 3.08. The topological polar surface area (TPSA) is 66.4 Å². The van der Waals surface area contributed by atoms with Gasteiger partial charge in [-0.2, -0.15) is 0 Å². The number of carboxylic acid groups (broad SMARTS) is 1. The predicted molar refractivity (Wildman–Crippen MR) is 49.2 cm³/mol. The predicted octanol–water partition coefficient (Wildman–Crippen LogP) is 0.788. The Kier molecular flexibility index (Phi) is 4.80. The third-order valence-corrected chi connectivity index (χ3v) is 1.54. The number of hydrogen-bond acceptors (Lipinski definition) is 2. The van der Waals surface area contributed by atoms with E-state index in [1.54, 1.807) is 13.8 Å². The first kappa shape index (κ1) is 11.7. The van der Waals surface area contributed by atoms with Crippen molar-refractivity contribution in [3.63, 3.8) is 0 Å². The molecule has 0 saturated carbocycles. The number of hydrogen-bond donors (Lipinski definition) is 2. The highest BCUT2D eigenvalue weighted by Crippen LogP contribution is 1.97. The molecule has 2 N–H and O–H groups in total. The van der Waals surface area contributed by atoms with E-state index in [-0.39, 0.29) is 18.2 Å². The van der Waals surface area contributed by atoms with Gasteiger partial charge >= 0.3 is 5.97 Å². The summed E-state index contributed by atoms with van der Waals surface area (Å²) >= 11 is 0. The molecule has 4 heteroatoms. The molecule has 13 heavy (non-hydrogen) atoms. The molecule has 0 bridgehead atoms. The average molecular weight is 185 g/mol. The molecule has 74 valence electrons. The molecule has 0 radical (unpaired) electrons. The number of carboxylic acids is 1. The number of amides is 1. The van der Waals surface area contributed by atoms with Gasteiger partial charge in [0, 0.05) is 5.92 Å². The maximum atomic E-state index is 11.1. The minimum Gasteiger partial charge on any atom is -0.480 e. The molecular weight excluding hydrogens is 170 g/mol. The fourth-order valence-corrected chi connectivity index (χ4v) is 0.727. The standard InChI is InChI=1S/C9H15NO3/c1-4-5-7(9(12)13)10-8(11)6(2)3/h4,6-7H,1,5H2,2-3H3,(H,10,11)(H,12,13)/t7-/m0/s1. The van der Waals surface area contributed by atoms with Crippen molar-refractivity contribution < 1.29 is 14.7 Å². The maximum absolute atomic E-state index is 11.1. The molecule has 0 rings (SSSR count). The van der Waals surface area contributed by atoms with E-state index in [0.717, 1.165) is 0 Å². The molecule has 0 spiro atoms. The number of aliphatic carboxylic acids is 1. The smallest absolute Gasteiger partial charge is 0.326 e. The van der Waals surface area contributed by atoms with Crippen molar-refractivity contribution in [2.75, 3.05) is 0 Å². The van der Waals surface area contributed by atoms with Crippen molar-refractivity contribution in [1.82, 2.24) is 5.32 Å². The highest BCUT2D eigenvalue weighted by molar-refractivity contribution is 5.84. The van der Waals surface area contributed by atoms with Gasteiger partial charge in [0.05, 0.1) is 0 Å². The summed E-state index contributed by atoms with van der Waals surface area (Å²) in [5.74, 6) is -1.49. The third kappa shape index (κ3) is 4.30. The Morgan fingerprint density at radius 3 is 2.38 bits per heavy atom. The molecule has 0 heterocycles. The molecular formula is C9H15NO3. The van der Waals surface area contributed by atoms with E-state index in [0.29, 0.717) is 0 Å². The minimum absolute atomic E-state index is 0.202. The molecule has 0 saturated heterocycles. The van der Waals surface area contributed by atoms with Gasteiger partial charge < -0.3 is 10.4 Å². The first-order valence-electron chi connectivity index (χ1n) is 4.13. The summed E-state index contributed by atoms with van der Waals surface area (Å²) in [6.45, 7) is 6.84. The molecule has 0 aliphatic carbocycles. The first-order valence-corrected chi connectivity index (χ1v) is 4.13. The SMILES string of the molecule is C=CC[C@H](NC(=O)C(C)C)C(=O)O. The van der Waals surface area contributed by atoms with E-state index in [1.165, 1.54) is 6.08 Å². The van der Waals surface area contributed by atoms with E-state index >= 15 is 0 Å². The van der Waals surface area contributed by atoms with Crippen LogP contribution in [0.15, 0.2) is 12.7 Å². The molecule has 0 aromatic carbocycles. The van der Waals surface area contributed by atoms with Crippen molar-refractivity contribution >= 4 is 11.9 Å². The van der Waals surface area contributed by atoms with Crippen LogP contribution in [-0.2, 0) is 9.59 Å². The molecule has 0 aliphatic heterocycles. The Morgan fingerprint density at radius 1 is 1.54 bits per heavy atom. The van der Waals surface area contributed by atoms with Crippen LogP contribution in [0.25, 0.3) is 0 Å². The van der Waals surface area contributed by atoms with E-state index in [2.05, 4.69) is 11.9 Å². The Bertz CT molecular complexity index is 211. The highest BCUT2D eigenvalue weighted by atomic mass is 16.4. The van der Waals surface area contributed by atoms with Gasteiger partial charge in [-0.15, -0.1) is 6.58 Å². The molecule has 0 fully saturated rings. The van der Waals surface area contributed by atoms with Crippen LogP contribution in [0.4, 0.5) is 0 Å². The normalized spacial score (nSPS) is 12.2. The van der Waals surface area contributed by atoms with Crippen LogP contribution >= 0.6 is 0 Å². The van der Waals surface area contributed by atoms with Gasteiger partial charge in [-0.05, 0) is 6.42 Å². The Labute approximate surface area is 77.6 Å². The molecule has 0 aliphatic rings. The third-order valence-electron chi connectivity index (χ3n) is 1.54. The zero-order valence-electron chi connectivity index (χ0n) is 7.91. The Hall–Kier alpha value is -1.32. The van der Waals surface area contributed by atoms with Crippen LogP contribution < -0.4 is 5.32 Å². The van der Waals surface area contributed by atoms with Gasteiger partial charge in [0.15, 0.2) is 0 Å². The minimum atomic E-state index is -1.03. The quantitative estimate of drug-likeness (QED) is 0.622. The fraction of sp³-hybridized carbons (Fsp3) is 0.556. The van der Waals surface area contributed by atoms with E-state index < -0.39 is 12.0 Å². The molecule has 1 amide bonds. The average Bonchev–Trinajstić information content (AvgIpc) is 2.03. The molecule has 1 atom stereocenters. The summed E-state index contributed by atoms with van der Waals surface area (Å²) < 4.78 is 0. The van der Waals surface area contributed by atoms with Crippen molar-refractivity contribution in [1.29, 1.82) is 0 Å². The van der Waals surface area contributed by atoms with Crippen LogP contribution in [0, 0.1) is 5.92 Å². The van der Waals surface area contributed by atoms with Gasteiger partial charge in [0.25, 0.3) is 0 Å². The summed E-state index contributed by atoms with van der Waals surface area (Å²) in [7, 11) is 0. The van der Waals surface area contributed by atoms with Crippen LogP contribution in [0.3, 0.4) is 0 Å². The number of carbonyl (C=O) groups excluding carboxylic acids is 1. The largest absolute Gasteiger partial charge is 0.480 e. The highest BCUT2D eigenvalue weighted by Gasteiger charge is 2.19. The lowest BCUT2D eigenvalue weighted by Crippen LogP contribution is -2.42. The summed E-state index contributed by atoms with van der Waals surface area (Å²) in [6.07, 6.45) is 1.72. The summed E-state index contributed by atoms with van der Waals surface area (Å²) in [5, 5.41) is 11.1. The zero-order chi connectivity index (χ0) is 10.4. The monoisotopic (exact) mass is 185 g/mol. The van der Waals surface area contributed by atoms with Gasteiger partial charge in [0.2, 0.25) is 5.91 Å². The number of nitrogens with one attached hydrogen (secondary N) is 1. The molecule has 4 nitrogen and oxygen atoms in total. The number of rotatable bonds is 5. The fourth-order valence-electron chi connectivity index (χ4n) is 0.727. The van der Waals surface area contributed by atoms with Crippen molar-refractivity contribution in [2.45, 2.75) is 26.3 Å². The van der Waals surface area contributed by atoms with Gasteiger partial charge in [-0.1, -0.05) is 19.9 Å². The molecule has 0 aromatic rings. The number of carbonyl (C=O) groups is 2. The maximum Gasteiger partial charge on any atom is 0.326 e. The lowest BCUT2D eigenvalue weighted by molar-refractivity contribution is -0.142. The van der Waals surface area contributed by atoms with Crippen molar-refractivity contribution in [3.05, 3.63) is 12.7 Å². The second kappa shape index (κ2) is 5.35. The van der Waals surface area contributed by atoms with Crippen molar-refractivity contribution in [3.8, 4) is 0 Å². The second-order valence-electron chi connectivity index (χ2n) is 3.08.